The number of hydrogen-bond acceptors (Lipinski definition) is 5. The molecule has 0 radical (unpaired) electrons. The van der Waals surface area contributed by atoms with Crippen LogP contribution in [0.4, 0.5) is 5.69 Å². The van der Waals surface area contributed by atoms with E-state index in [9.17, 15) is 0 Å². The smallest absolute Gasteiger partial charge is 0.231 e. The lowest BCUT2D eigenvalue weighted by molar-refractivity contribution is 0.174. The Labute approximate surface area is 192 Å². The molecule has 0 amide bonds. The second kappa shape index (κ2) is 8.44. The summed E-state index contributed by atoms with van der Waals surface area (Å²) in [6.45, 7) is 5.99. The van der Waals surface area contributed by atoms with Crippen LogP contribution in [0.1, 0.15) is 34.7 Å². The number of rotatable bonds is 6. The van der Waals surface area contributed by atoms with Gasteiger partial charge in [-0.2, -0.15) is 0 Å². The van der Waals surface area contributed by atoms with Gasteiger partial charge in [0, 0.05) is 43.0 Å². The number of thiocarbonyl (C=S) groups is 1. The summed E-state index contributed by atoms with van der Waals surface area (Å²) >= 11 is 5.85. The molecule has 2 atom stereocenters. The molecule has 2 aliphatic rings. The molecule has 1 saturated heterocycles. The molecule has 0 saturated carbocycles. The lowest BCUT2D eigenvalue weighted by Crippen LogP contribution is -2.29. The number of ether oxygens (including phenoxy) is 3. The highest BCUT2D eigenvalue weighted by Gasteiger charge is 2.42. The molecule has 8 heteroatoms. The minimum absolute atomic E-state index is 0.0692. The predicted octanol–water partition coefficient (Wildman–Crippen LogP) is 4.05. The quantitative estimate of drug-likeness (QED) is 0.569. The summed E-state index contributed by atoms with van der Waals surface area (Å²) in [6.07, 6.45) is 1.82. The zero-order valence-electron chi connectivity index (χ0n) is 18.4. The van der Waals surface area contributed by atoms with Crippen LogP contribution < -0.4 is 19.7 Å². The fourth-order valence-corrected chi connectivity index (χ4v) is 4.98. The molecule has 4 heterocycles. The molecule has 0 unspecified atom stereocenters. The third-order valence-corrected chi connectivity index (χ3v) is 6.50. The van der Waals surface area contributed by atoms with Gasteiger partial charge in [0.15, 0.2) is 16.6 Å². The maximum absolute atomic E-state index is 5.85. The first-order valence-electron chi connectivity index (χ1n) is 10.6. The highest BCUT2D eigenvalue weighted by Crippen LogP contribution is 2.45. The summed E-state index contributed by atoms with van der Waals surface area (Å²) in [7, 11) is 1.73. The van der Waals surface area contributed by atoms with E-state index in [1.165, 1.54) is 17.0 Å². The molecule has 0 aliphatic carbocycles. The van der Waals surface area contributed by atoms with Crippen molar-refractivity contribution in [2.45, 2.75) is 32.5 Å². The van der Waals surface area contributed by atoms with Crippen LogP contribution in [-0.2, 0) is 11.3 Å². The Balaban J connectivity index is 1.62. The maximum atomic E-state index is 5.85. The number of methoxy groups -OCH3 is 1. The van der Waals surface area contributed by atoms with Gasteiger partial charge in [0.2, 0.25) is 6.79 Å². The van der Waals surface area contributed by atoms with Gasteiger partial charge < -0.3 is 29.0 Å². The van der Waals surface area contributed by atoms with E-state index in [4.69, 9.17) is 26.4 Å². The largest absolute Gasteiger partial charge is 0.454 e. The summed E-state index contributed by atoms with van der Waals surface area (Å²) in [4.78, 5) is 6.81. The zero-order valence-corrected chi connectivity index (χ0v) is 19.2. The van der Waals surface area contributed by atoms with Crippen LogP contribution >= 0.6 is 12.2 Å². The summed E-state index contributed by atoms with van der Waals surface area (Å²) in [5.41, 5.74) is 5.50. The predicted molar refractivity (Wildman–Crippen MR) is 126 cm³/mol. The van der Waals surface area contributed by atoms with E-state index in [2.05, 4.69) is 39.7 Å². The number of fused-ring (bicyclic) bond motifs is 1. The average Bonchev–Trinajstić information content (AvgIpc) is 3.48. The Kier molecular flexibility index (Phi) is 5.48. The van der Waals surface area contributed by atoms with Gasteiger partial charge in [0.1, 0.15) is 0 Å². The molecular formula is C24H26N4O3S. The van der Waals surface area contributed by atoms with E-state index in [1.54, 1.807) is 7.11 Å². The van der Waals surface area contributed by atoms with Gasteiger partial charge in [-0.15, -0.1) is 0 Å². The monoisotopic (exact) mass is 450 g/mol. The van der Waals surface area contributed by atoms with Crippen molar-refractivity contribution in [2.75, 3.05) is 25.4 Å². The molecular weight excluding hydrogens is 424 g/mol. The third-order valence-electron chi connectivity index (χ3n) is 6.18. The SMILES string of the molecule is COCCn1c(C)cc([C@@H]2[C@H](c3ccccn3)NC(=S)N2c2ccc3c(c2)OCO3)c1C. The number of nitrogens with zero attached hydrogens (tertiary/aromatic N) is 3. The fourth-order valence-electron chi connectivity index (χ4n) is 4.64. The van der Waals surface area contributed by atoms with Crippen molar-refractivity contribution < 1.29 is 14.2 Å². The van der Waals surface area contributed by atoms with Gasteiger partial charge in [0.25, 0.3) is 0 Å². The molecule has 1 fully saturated rings. The molecule has 7 nitrogen and oxygen atoms in total. The first-order valence-corrected chi connectivity index (χ1v) is 11.0. The van der Waals surface area contributed by atoms with Crippen molar-refractivity contribution in [3.8, 4) is 11.5 Å². The number of anilines is 1. The lowest BCUT2D eigenvalue weighted by Gasteiger charge is -2.28. The van der Waals surface area contributed by atoms with Crippen LogP contribution in [0.2, 0.25) is 0 Å². The molecule has 2 aromatic heterocycles. The van der Waals surface area contributed by atoms with Crippen molar-refractivity contribution in [2.24, 2.45) is 0 Å². The molecule has 1 N–H and O–H groups in total. The van der Waals surface area contributed by atoms with Gasteiger partial charge in [-0.25, -0.2) is 0 Å². The Hall–Kier alpha value is -3.10. The van der Waals surface area contributed by atoms with Gasteiger partial charge in [-0.1, -0.05) is 6.07 Å². The van der Waals surface area contributed by atoms with Crippen LogP contribution in [-0.4, -0.2) is 35.2 Å². The highest BCUT2D eigenvalue weighted by molar-refractivity contribution is 7.80. The van der Waals surface area contributed by atoms with E-state index in [0.717, 1.165) is 29.4 Å². The topological polar surface area (TPSA) is 60.8 Å². The van der Waals surface area contributed by atoms with Crippen LogP contribution in [0.5, 0.6) is 11.5 Å². The Morgan fingerprint density at radius 2 is 2.00 bits per heavy atom. The van der Waals surface area contributed by atoms with Crippen LogP contribution in [0.3, 0.4) is 0 Å². The second-order valence-electron chi connectivity index (χ2n) is 8.01. The van der Waals surface area contributed by atoms with Crippen molar-refractivity contribution in [1.82, 2.24) is 14.9 Å². The number of pyridine rings is 1. The van der Waals surface area contributed by atoms with Crippen LogP contribution in [0.25, 0.3) is 0 Å². The van der Waals surface area contributed by atoms with E-state index in [0.29, 0.717) is 11.7 Å². The minimum atomic E-state index is -0.0921. The van der Waals surface area contributed by atoms with Crippen molar-refractivity contribution in [3.63, 3.8) is 0 Å². The Morgan fingerprint density at radius 1 is 1.16 bits per heavy atom. The number of hydrogen-bond donors (Lipinski definition) is 1. The van der Waals surface area contributed by atoms with Crippen molar-refractivity contribution in [3.05, 3.63) is 71.3 Å². The standard InChI is InChI=1S/C24H26N4O3S/c1-15-12-18(16(2)27(15)10-11-29-3)23-22(19-6-4-5-9-25-19)26-24(32)28(23)17-7-8-20-21(13-17)31-14-30-20/h4-9,12-13,22-23H,10-11,14H2,1-3H3,(H,26,32)/t22-,23+/m0/s1. The molecule has 3 aromatic rings. The highest BCUT2D eigenvalue weighted by atomic mass is 32.1. The number of aryl methyl sites for hydroxylation is 1. The first-order chi connectivity index (χ1) is 15.6. The van der Waals surface area contributed by atoms with E-state index < -0.39 is 0 Å². The molecule has 32 heavy (non-hydrogen) atoms. The van der Waals surface area contributed by atoms with E-state index in [1.807, 2.05) is 42.6 Å². The minimum Gasteiger partial charge on any atom is -0.454 e. The molecule has 0 spiro atoms. The van der Waals surface area contributed by atoms with Gasteiger partial charge in [-0.3, -0.25) is 4.98 Å². The molecule has 166 valence electrons. The van der Waals surface area contributed by atoms with Gasteiger partial charge in [0.05, 0.1) is 24.4 Å². The van der Waals surface area contributed by atoms with Crippen LogP contribution in [0.15, 0.2) is 48.7 Å². The second-order valence-corrected chi connectivity index (χ2v) is 8.39. The van der Waals surface area contributed by atoms with Crippen molar-refractivity contribution >= 4 is 23.0 Å². The Morgan fingerprint density at radius 3 is 2.78 bits per heavy atom. The maximum Gasteiger partial charge on any atom is 0.231 e. The fraction of sp³-hybridized carbons (Fsp3) is 0.333. The third kappa shape index (κ3) is 3.49. The normalized spacial score (nSPS) is 19.5. The van der Waals surface area contributed by atoms with Crippen LogP contribution in [0, 0.1) is 13.8 Å². The van der Waals surface area contributed by atoms with Crippen molar-refractivity contribution in [1.29, 1.82) is 0 Å². The number of nitrogens with one attached hydrogen (secondary N) is 1. The van der Waals surface area contributed by atoms with Gasteiger partial charge in [-0.05, 0) is 62.0 Å². The summed E-state index contributed by atoms with van der Waals surface area (Å²) in [5.74, 6) is 1.48. The molecule has 0 bridgehead atoms. The summed E-state index contributed by atoms with van der Waals surface area (Å²) in [5, 5.41) is 4.18. The molecule has 2 aliphatic heterocycles. The molecule has 1 aromatic carbocycles. The number of benzene rings is 1. The van der Waals surface area contributed by atoms with E-state index in [-0.39, 0.29) is 18.9 Å². The zero-order chi connectivity index (χ0) is 22.2. The first kappa shape index (κ1) is 20.8. The van der Waals surface area contributed by atoms with E-state index >= 15 is 0 Å². The summed E-state index contributed by atoms with van der Waals surface area (Å²) in [6, 6.07) is 14.0. The summed E-state index contributed by atoms with van der Waals surface area (Å²) < 4.78 is 18.8. The Bertz CT molecular complexity index is 1150. The average molecular weight is 451 g/mol. The van der Waals surface area contributed by atoms with Gasteiger partial charge >= 0.3 is 0 Å². The lowest BCUT2D eigenvalue weighted by atomic mass is 9.96. The molecule has 5 rings (SSSR count). The number of aromatic nitrogens is 2.